The largest absolute Gasteiger partial charge is 0.378 e. The van der Waals surface area contributed by atoms with Gasteiger partial charge in [0.05, 0.1) is 24.6 Å². The number of aryl methyl sites for hydroxylation is 2. The lowest BCUT2D eigenvalue weighted by atomic mass is 10.2. The van der Waals surface area contributed by atoms with Gasteiger partial charge in [0.2, 0.25) is 10.9 Å². The molecule has 9 nitrogen and oxygen atoms in total. The number of hydrogen-bond acceptors (Lipinski definition) is 9. The van der Waals surface area contributed by atoms with Crippen molar-refractivity contribution in [2.45, 2.75) is 24.8 Å². The van der Waals surface area contributed by atoms with Gasteiger partial charge in [0.25, 0.3) is 5.56 Å². The van der Waals surface area contributed by atoms with E-state index in [1.807, 2.05) is 13.0 Å². The molecule has 1 aliphatic heterocycles. The van der Waals surface area contributed by atoms with Crippen molar-refractivity contribution in [2.24, 2.45) is 0 Å². The Hall–Kier alpha value is -2.76. The first-order chi connectivity index (χ1) is 15.1. The lowest BCUT2D eigenvalue weighted by molar-refractivity contribution is 0.122. The van der Waals surface area contributed by atoms with Crippen molar-refractivity contribution < 1.29 is 4.74 Å². The molecule has 1 aliphatic rings. The van der Waals surface area contributed by atoms with Gasteiger partial charge in [0.1, 0.15) is 5.01 Å². The summed E-state index contributed by atoms with van der Waals surface area (Å²) in [5.41, 5.74) is 2.70. The van der Waals surface area contributed by atoms with Crippen molar-refractivity contribution >= 4 is 34.0 Å². The van der Waals surface area contributed by atoms with Gasteiger partial charge in [-0.15, -0.1) is 10.2 Å². The monoisotopic (exact) mass is 455 g/mol. The Bertz CT molecular complexity index is 1290. The average molecular weight is 456 g/mol. The summed E-state index contributed by atoms with van der Waals surface area (Å²) in [7, 11) is 0. The number of ether oxygens (including phenoxy) is 1. The van der Waals surface area contributed by atoms with Crippen molar-refractivity contribution in [3.8, 4) is 5.69 Å². The van der Waals surface area contributed by atoms with E-state index in [0.717, 1.165) is 40.5 Å². The minimum Gasteiger partial charge on any atom is -0.378 e. The summed E-state index contributed by atoms with van der Waals surface area (Å²) in [5.74, 6) is 1.31. The minimum atomic E-state index is -0.167. The van der Waals surface area contributed by atoms with Crippen molar-refractivity contribution in [3.63, 3.8) is 0 Å². The Morgan fingerprint density at radius 1 is 1.16 bits per heavy atom. The molecule has 1 saturated heterocycles. The molecule has 1 fully saturated rings. The van der Waals surface area contributed by atoms with Gasteiger partial charge in [-0.25, -0.2) is 4.98 Å². The van der Waals surface area contributed by atoms with Crippen molar-refractivity contribution in [2.75, 3.05) is 31.2 Å². The molecule has 5 rings (SSSR count). The highest BCUT2D eigenvalue weighted by Crippen LogP contribution is 2.29. The van der Waals surface area contributed by atoms with E-state index in [9.17, 15) is 4.79 Å². The van der Waals surface area contributed by atoms with Crippen molar-refractivity contribution in [1.82, 2.24) is 29.4 Å². The molecule has 3 aromatic heterocycles. The summed E-state index contributed by atoms with van der Waals surface area (Å²) < 4.78 is 8.92. The predicted molar refractivity (Wildman–Crippen MR) is 121 cm³/mol. The lowest BCUT2D eigenvalue weighted by Crippen LogP contribution is -2.37. The van der Waals surface area contributed by atoms with Gasteiger partial charge in [-0.3, -0.25) is 9.36 Å². The second-order valence-corrected chi connectivity index (χ2v) is 9.35. The molecule has 0 aliphatic carbocycles. The number of aromatic nitrogens is 6. The maximum atomic E-state index is 12.4. The zero-order valence-corrected chi connectivity index (χ0v) is 18.8. The molecular formula is C20H21N7O2S2. The molecule has 4 aromatic rings. The number of benzene rings is 1. The molecule has 1 aromatic carbocycles. The Morgan fingerprint density at radius 2 is 2.00 bits per heavy atom. The van der Waals surface area contributed by atoms with Gasteiger partial charge in [0.15, 0.2) is 5.16 Å². The molecule has 0 bridgehead atoms. The third-order valence-corrected chi connectivity index (χ3v) is 6.70. The highest BCUT2D eigenvalue weighted by Gasteiger charge is 2.22. The predicted octanol–water partition coefficient (Wildman–Crippen LogP) is 2.48. The van der Waals surface area contributed by atoms with E-state index in [0.29, 0.717) is 29.6 Å². The van der Waals surface area contributed by atoms with E-state index < -0.39 is 0 Å². The molecule has 0 amide bonds. The smallest absolute Gasteiger partial charge is 0.275 e. The van der Waals surface area contributed by atoms with Crippen molar-refractivity contribution in [1.29, 1.82) is 0 Å². The van der Waals surface area contributed by atoms with Crippen LogP contribution in [0.5, 0.6) is 0 Å². The lowest BCUT2D eigenvalue weighted by Gasteiger charge is -2.28. The Balaban J connectivity index is 1.49. The molecule has 0 N–H and O–H groups in total. The number of rotatable bonds is 5. The average Bonchev–Trinajstić information content (AvgIpc) is 3.36. The summed E-state index contributed by atoms with van der Waals surface area (Å²) in [6.07, 6.45) is 0. The number of hydrogen-bond donors (Lipinski definition) is 0. The second-order valence-electron chi connectivity index (χ2n) is 7.25. The zero-order chi connectivity index (χ0) is 21.4. The standard InChI is InChI=1S/C20H21N7O2S2/c1-13-4-3-5-16(10-13)26-18(25-6-8-29-9-7-25)22-23-20(26)30-12-15-11-17(28)27-19(21-15)31-14(2)24-27/h3-5,10-11H,6-9,12H2,1-2H3. The molecule has 0 atom stereocenters. The Kier molecular flexibility index (Phi) is 5.47. The first kappa shape index (κ1) is 20.2. The van der Waals surface area contributed by atoms with Crippen LogP contribution in [0.25, 0.3) is 10.6 Å². The van der Waals surface area contributed by atoms with E-state index in [-0.39, 0.29) is 5.56 Å². The van der Waals surface area contributed by atoms with E-state index in [1.165, 1.54) is 33.7 Å². The van der Waals surface area contributed by atoms with Gasteiger partial charge in [0, 0.05) is 24.9 Å². The maximum Gasteiger partial charge on any atom is 0.275 e. The van der Waals surface area contributed by atoms with Crippen LogP contribution in [0.15, 0.2) is 40.3 Å². The van der Waals surface area contributed by atoms with Crippen LogP contribution in [0.2, 0.25) is 0 Å². The first-order valence-corrected chi connectivity index (χ1v) is 11.7. The zero-order valence-electron chi connectivity index (χ0n) is 17.2. The summed E-state index contributed by atoms with van der Waals surface area (Å²) in [4.78, 5) is 19.8. The van der Waals surface area contributed by atoms with Gasteiger partial charge in [-0.2, -0.15) is 9.61 Å². The normalized spacial score (nSPS) is 14.5. The van der Waals surface area contributed by atoms with E-state index in [1.54, 1.807) is 0 Å². The van der Waals surface area contributed by atoms with Crippen molar-refractivity contribution in [3.05, 3.63) is 57.0 Å². The number of nitrogens with zero attached hydrogens (tertiary/aromatic N) is 7. The Labute approximate surface area is 186 Å². The molecule has 4 heterocycles. The molecular weight excluding hydrogens is 434 g/mol. The van der Waals surface area contributed by atoms with Crippen LogP contribution < -0.4 is 10.5 Å². The second kappa shape index (κ2) is 8.40. The number of thioether (sulfide) groups is 1. The summed E-state index contributed by atoms with van der Waals surface area (Å²) in [5, 5.41) is 14.7. The fourth-order valence-corrected chi connectivity index (χ4v) is 5.09. The van der Waals surface area contributed by atoms with Gasteiger partial charge in [-0.05, 0) is 31.5 Å². The fourth-order valence-electron chi connectivity index (χ4n) is 3.48. The minimum absolute atomic E-state index is 0.167. The molecule has 0 radical (unpaired) electrons. The van der Waals surface area contributed by atoms with Gasteiger partial charge >= 0.3 is 0 Å². The van der Waals surface area contributed by atoms with Crippen LogP contribution in [0.3, 0.4) is 0 Å². The van der Waals surface area contributed by atoms with Gasteiger partial charge < -0.3 is 9.64 Å². The molecule has 0 saturated carbocycles. The van der Waals surface area contributed by atoms with Crippen LogP contribution in [0.4, 0.5) is 5.95 Å². The van der Waals surface area contributed by atoms with Crippen LogP contribution in [0, 0.1) is 13.8 Å². The molecule has 160 valence electrons. The number of fused-ring (bicyclic) bond motifs is 1. The molecule has 11 heteroatoms. The maximum absolute atomic E-state index is 12.4. The number of anilines is 1. The number of morpholine rings is 1. The van der Waals surface area contributed by atoms with E-state index >= 15 is 0 Å². The SMILES string of the molecule is Cc1cccc(-n2c(SCc3cc(=O)n4nc(C)sc4n3)nnc2N2CCOCC2)c1. The highest BCUT2D eigenvalue weighted by molar-refractivity contribution is 7.98. The van der Waals surface area contributed by atoms with Crippen LogP contribution in [-0.4, -0.2) is 55.7 Å². The van der Waals surface area contributed by atoms with Crippen LogP contribution >= 0.6 is 23.1 Å². The molecule has 0 unspecified atom stereocenters. The summed E-state index contributed by atoms with van der Waals surface area (Å²) >= 11 is 2.92. The van der Waals surface area contributed by atoms with Gasteiger partial charge in [-0.1, -0.05) is 35.2 Å². The quantitative estimate of drug-likeness (QED) is 0.424. The molecule has 31 heavy (non-hydrogen) atoms. The fraction of sp³-hybridized carbons (Fsp3) is 0.350. The summed E-state index contributed by atoms with van der Waals surface area (Å²) in [6, 6.07) is 9.81. The third kappa shape index (κ3) is 4.08. The molecule has 0 spiro atoms. The highest BCUT2D eigenvalue weighted by atomic mass is 32.2. The van der Waals surface area contributed by atoms with Crippen LogP contribution in [0.1, 0.15) is 16.3 Å². The topological polar surface area (TPSA) is 90.4 Å². The van der Waals surface area contributed by atoms with E-state index in [4.69, 9.17) is 4.74 Å². The summed E-state index contributed by atoms with van der Waals surface area (Å²) in [6.45, 7) is 6.82. The van der Waals surface area contributed by atoms with Crippen LogP contribution in [-0.2, 0) is 10.5 Å². The Morgan fingerprint density at radius 3 is 2.81 bits per heavy atom. The van der Waals surface area contributed by atoms with E-state index in [2.05, 4.69) is 54.9 Å². The third-order valence-electron chi connectivity index (χ3n) is 4.92. The first-order valence-electron chi connectivity index (χ1n) is 9.93.